The highest BCUT2D eigenvalue weighted by atomic mass is 32.2. The minimum absolute atomic E-state index is 0.000557. The summed E-state index contributed by atoms with van der Waals surface area (Å²) in [6.45, 7) is 13.3. The van der Waals surface area contributed by atoms with Crippen molar-refractivity contribution >= 4 is 55.5 Å². The van der Waals surface area contributed by atoms with E-state index in [1.807, 2.05) is 70.4 Å². The summed E-state index contributed by atoms with van der Waals surface area (Å²) in [7, 11) is -4.00. The van der Waals surface area contributed by atoms with Crippen molar-refractivity contribution in [3.8, 4) is 22.2 Å². The van der Waals surface area contributed by atoms with Crippen LogP contribution in [-0.2, 0) is 26.1 Å². The number of nitriles is 1. The molecule has 320 valence electrons. The van der Waals surface area contributed by atoms with E-state index >= 15 is 4.39 Å². The van der Waals surface area contributed by atoms with E-state index in [1.165, 1.54) is 30.5 Å². The van der Waals surface area contributed by atoms with E-state index in [9.17, 15) is 23.3 Å². The molecule has 0 saturated carbocycles. The second kappa shape index (κ2) is 16.4. The number of thiophene rings is 1. The number of nitrogens with zero attached hydrogens (tertiary/aromatic N) is 5. The standard InChI is InChI=1S/C47H43FN8O5S2/c1-25-8-19-37(43-40(25)33(22-49)24-50-43)55-63(59,60)34-16-9-29(10-17-34)23-51-45(58)35-18-15-32(20-36(35)48)30-11-13-31(14-12-30)42-41-26(2)27(3)62-46(41)56-28(4)53-54-44(56)38(52-42)21-39(57)61-47(5,6)7/h8-20,24,38,50,55H,21,23H2,1-7H3,(H,51,58)/t38-/m0/s1. The van der Waals surface area contributed by atoms with Crippen LogP contribution in [0.2, 0.25) is 0 Å². The molecule has 4 aromatic carbocycles. The summed E-state index contributed by atoms with van der Waals surface area (Å²) in [5.41, 5.74) is 6.59. The van der Waals surface area contributed by atoms with Gasteiger partial charge in [0.15, 0.2) is 5.82 Å². The van der Waals surface area contributed by atoms with Gasteiger partial charge in [0.05, 0.1) is 39.4 Å². The Kier molecular flexibility index (Phi) is 11.1. The number of hydrogen-bond acceptors (Lipinski definition) is 10. The molecule has 63 heavy (non-hydrogen) atoms. The third-order valence-corrected chi connectivity index (χ3v) is 13.4. The molecular weight excluding hydrogens is 840 g/mol. The normalized spacial score (nSPS) is 13.7. The molecule has 0 spiro atoms. The molecule has 13 nitrogen and oxygen atoms in total. The van der Waals surface area contributed by atoms with Gasteiger partial charge in [-0.25, -0.2) is 12.8 Å². The number of halogens is 1. The molecule has 0 unspecified atom stereocenters. The number of sulfonamides is 1. The Labute approximate surface area is 367 Å². The summed E-state index contributed by atoms with van der Waals surface area (Å²) in [5.74, 6) is -0.505. The number of carbonyl (C=O) groups excluding carboxylic acids is 2. The smallest absolute Gasteiger partial charge is 0.308 e. The summed E-state index contributed by atoms with van der Waals surface area (Å²) in [5, 5.41) is 22.5. The van der Waals surface area contributed by atoms with Crippen molar-refractivity contribution in [3.63, 3.8) is 0 Å². The maximum absolute atomic E-state index is 15.6. The van der Waals surface area contributed by atoms with Crippen molar-refractivity contribution < 1.29 is 27.1 Å². The number of ether oxygens (including phenoxy) is 1. The quantitative estimate of drug-likeness (QED) is 0.114. The number of nitrogens with one attached hydrogen (secondary N) is 3. The Balaban J connectivity index is 0.970. The molecule has 7 aromatic rings. The number of carbonyl (C=O) groups is 2. The molecule has 1 aliphatic heterocycles. The van der Waals surface area contributed by atoms with E-state index in [4.69, 9.17) is 9.73 Å². The van der Waals surface area contributed by atoms with Crippen LogP contribution in [-0.4, -0.2) is 51.4 Å². The molecular formula is C47H43FN8O5S2. The summed E-state index contributed by atoms with van der Waals surface area (Å²) in [6, 6.07) is 22.8. The van der Waals surface area contributed by atoms with E-state index in [0.29, 0.717) is 56.2 Å². The monoisotopic (exact) mass is 882 g/mol. The van der Waals surface area contributed by atoms with Crippen molar-refractivity contribution in [2.24, 2.45) is 4.99 Å². The number of aliphatic imine (C=N–C) groups is 1. The highest BCUT2D eigenvalue weighted by molar-refractivity contribution is 7.92. The molecule has 1 atom stereocenters. The van der Waals surface area contributed by atoms with Crippen molar-refractivity contribution in [2.45, 2.75) is 78.0 Å². The summed E-state index contributed by atoms with van der Waals surface area (Å²) in [4.78, 5) is 35.6. The van der Waals surface area contributed by atoms with E-state index in [-0.39, 0.29) is 23.4 Å². The minimum atomic E-state index is -4.00. The Bertz CT molecular complexity index is 3150. The number of aromatic amines is 1. The van der Waals surface area contributed by atoms with Gasteiger partial charge in [0, 0.05) is 34.1 Å². The maximum atomic E-state index is 15.6. The zero-order valence-electron chi connectivity index (χ0n) is 35.5. The molecule has 8 rings (SSSR count). The van der Waals surface area contributed by atoms with Gasteiger partial charge in [0.1, 0.15) is 34.4 Å². The second-order valence-corrected chi connectivity index (χ2v) is 19.3. The van der Waals surface area contributed by atoms with Crippen molar-refractivity contribution in [1.82, 2.24) is 25.1 Å². The lowest BCUT2D eigenvalue weighted by Crippen LogP contribution is -2.25. The number of fused-ring (bicyclic) bond motifs is 4. The number of rotatable bonds is 10. The predicted octanol–water partition coefficient (Wildman–Crippen LogP) is 9.08. The highest BCUT2D eigenvalue weighted by Crippen LogP contribution is 2.40. The largest absolute Gasteiger partial charge is 0.460 e. The van der Waals surface area contributed by atoms with Gasteiger partial charge >= 0.3 is 5.97 Å². The van der Waals surface area contributed by atoms with E-state index in [0.717, 1.165) is 32.1 Å². The van der Waals surface area contributed by atoms with Gasteiger partial charge in [-0.05, 0) is 107 Å². The molecule has 0 aliphatic carbocycles. The topological polar surface area (TPSA) is 184 Å². The highest BCUT2D eigenvalue weighted by Gasteiger charge is 2.33. The van der Waals surface area contributed by atoms with Gasteiger partial charge in [-0.3, -0.25) is 23.9 Å². The van der Waals surface area contributed by atoms with Crippen LogP contribution in [0, 0.1) is 44.8 Å². The third kappa shape index (κ3) is 8.37. The van der Waals surface area contributed by atoms with Crippen LogP contribution in [0.5, 0.6) is 0 Å². The van der Waals surface area contributed by atoms with Crippen molar-refractivity contribution in [3.05, 3.63) is 146 Å². The Morgan fingerprint density at radius 1 is 0.952 bits per heavy atom. The minimum Gasteiger partial charge on any atom is -0.460 e. The average molecular weight is 883 g/mol. The number of anilines is 1. The fourth-order valence-corrected chi connectivity index (χ4v) is 9.91. The lowest BCUT2D eigenvalue weighted by Gasteiger charge is -2.21. The van der Waals surface area contributed by atoms with E-state index in [2.05, 4.69) is 38.2 Å². The van der Waals surface area contributed by atoms with Crippen LogP contribution in [0.25, 0.3) is 27.0 Å². The maximum Gasteiger partial charge on any atom is 0.308 e. The number of aromatic nitrogens is 4. The first kappa shape index (κ1) is 42.7. The van der Waals surface area contributed by atoms with Crippen LogP contribution in [0.4, 0.5) is 10.1 Å². The molecule has 3 aromatic heterocycles. The molecule has 1 aliphatic rings. The average Bonchev–Trinajstić information content (AvgIpc) is 3.91. The van der Waals surface area contributed by atoms with E-state index in [1.54, 1.807) is 41.7 Å². The predicted molar refractivity (Wildman–Crippen MR) is 240 cm³/mol. The lowest BCUT2D eigenvalue weighted by atomic mass is 9.96. The molecule has 3 N–H and O–H groups in total. The molecule has 0 fully saturated rings. The van der Waals surface area contributed by atoms with Crippen molar-refractivity contribution in [2.75, 3.05) is 4.72 Å². The summed E-state index contributed by atoms with van der Waals surface area (Å²) < 4.78 is 52.4. The summed E-state index contributed by atoms with van der Waals surface area (Å²) >= 11 is 1.61. The van der Waals surface area contributed by atoms with Crippen LogP contribution in [0.15, 0.2) is 94.9 Å². The van der Waals surface area contributed by atoms with Gasteiger partial charge in [0.25, 0.3) is 15.9 Å². The number of benzene rings is 4. The number of esters is 1. The van der Waals surface area contributed by atoms with Gasteiger partial charge in [-0.1, -0.05) is 48.5 Å². The first-order chi connectivity index (χ1) is 29.9. The van der Waals surface area contributed by atoms with E-state index < -0.39 is 39.4 Å². The molecule has 0 saturated heterocycles. The van der Waals surface area contributed by atoms with Gasteiger partial charge in [-0.2, -0.15) is 5.26 Å². The molecule has 0 radical (unpaired) electrons. The molecule has 16 heteroatoms. The zero-order chi connectivity index (χ0) is 45.0. The number of H-pyrrole nitrogens is 1. The number of hydrogen-bond donors (Lipinski definition) is 3. The van der Waals surface area contributed by atoms with Crippen LogP contribution < -0.4 is 10.0 Å². The van der Waals surface area contributed by atoms with Gasteiger partial charge in [-0.15, -0.1) is 21.5 Å². The zero-order valence-corrected chi connectivity index (χ0v) is 37.2. The summed E-state index contributed by atoms with van der Waals surface area (Å²) in [6.07, 6.45) is 1.51. The van der Waals surface area contributed by atoms with Gasteiger partial charge < -0.3 is 15.0 Å². The number of amides is 1. The molecule has 4 heterocycles. The van der Waals surface area contributed by atoms with Crippen LogP contribution >= 0.6 is 11.3 Å². The van der Waals surface area contributed by atoms with Crippen LogP contribution in [0.1, 0.15) is 93.5 Å². The SMILES string of the molecule is Cc1sc2c(c1C)C(c1ccc(-c3ccc(C(=O)NCc4ccc(S(=O)(=O)Nc5ccc(C)c6c(C#N)c[nH]c56)cc4)c(F)c3)cc1)=N[C@@H](CC(=O)OC(C)(C)C)c1nnc(C)n1-2. The Morgan fingerprint density at radius 3 is 2.33 bits per heavy atom. The van der Waals surface area contributed by atoms with Crippen LogP contribution in [0.3, 0.4) is 0 Å². The molecule has 1 amide bonds. The third-order valence-electron chi connectivity index (χ3n) is 10.8. The first-order valence-electron chi connectivity index (χ1n) is 20.1. The Morgan fingerprint density at radius 2 is 1.65 bits per heavy atom. The van der Waals surface area contributed by atoms with Gasteiger partial charge in [0.2, 0.25) is 0 Å². The fourth-order valence-electron chi connectivity index (χ4n) is 7.63. The first-order valence-corrected chi connectivity index (χ1v) is 22.4. The fraction of sp³-hybridized carbons (Fsp3) is 0.234. The lowest BCUT2D eigenvalue weighted by molar-refractivity contribution is -0.155. The second-order valence-electron chi connectivity index (χ2n) is 16.4. The number of aryl methyl sites for hydroxylation is 3. The van der Waals surface area contributed by atoms with Crippen molar-refractivity contribution in [1.29, 1.82) is 5.26 Å². The Hall–Kier alpha value is -6.96. The molecule has 0 bridgehead atoms.